The van der Waals surface area contributed by atoms with Gasteiger partial charge in [0.1, 0.15) is 0 Å². The molecule has 3 aliphatic rings. The van der Waals surface area contributed by atoms with Gasteiger partial charge in [-0.15, -0.1) is 5.10 Å². The number of sulfonamides is 1. The van der Waals surface area contributed by atoms with Crippen molar-refractivity contribution in [2.24, 2.45) is 0 Å². The van der Waals surface area contributed by atoms with Crippen LogP contribution in [0, 0.1) is 0 Å². The lowest BCUT2D eigenvalue weighted by Crippen LogP contribution is -2.53. The zero-order valence-electron chi connectivity index (χ0n) is 21.8. The van der Waals surface area contributed by atoms with Gasteiger partial charge >= 0.3 is 12.2 Å². The maximum Gasteiger partial charge on any atom is 0.416 e. The third-order valence-corrected chi connectivity index (χ3v) is 8.49. The number of benzene rings is 1. The van der Waals surface area contributed by atoms with Gasteiger partial charge in [-0.3, -0.25) is 9.62 Å². The number of hydrogen-bond donors (Lipinski definition) is 1. The highest BCUT2D eigenvalue weighted by molar-refractivity contribution is 7.92. The lowest BCUT2D eigenvalue weighted by molar-refractivity contribution is -0.137. The van der Waals surface area contributed by atoms with Crippen molar-refractivity contribution in [3.05, 3.63) is 41.6 Å². The normalized spacial score (nSPS) is 20.5. The summed E-state index contributed by atoms with van der Waals surface area (Å²) in [7, 11) is -3.50. The van der Waals surface area contributed by atoms with Crippen molar-refractivity contribution < 1.29 is 31.1 Å². The van der Waals surface area contributed by atoms with Crippen LogP contribution in [0.15, 0.2) is 30.5 Å². The van der Waals surface area contributed by atoms with Gasteiger partial charge < -0.3 is 14.5 Å². The maximum atomic E-state index is 13.5. The van der Waals surface area contributed by atoms with E-state index in [1.54, 1.807) is 11.0 Å². The summed E-state index contributed by atoms with van der Waals surface area (Å²) in [6.07, 6.45) is 1.46. The molecule has 214 valence electrons. The quantitative estimate of drug-likeness (QED) is 0.590. The minimum Gasteiger partial charge on any atom is -0.378 e. The molecule has 1 spiro atoms. The Morgan fingerprint density at radius 2 is 1.79 bits per heavy atom. The van der Waals surface area contributed by atoms with E-state index < -0.39 is 21.8 Å². The molecule has 1 aromatic heterocycles. The molecule has 0 bridgehead atoms. The summed E-state index contributed by atoms with van der Waals surface area (Å²) >= 11 is 0. The molecule has 3 fully saturated rings. The summed E-state index contributed by atoms with van der Waals surface area (Å²) in [5.74, 6) is 0.0777. The van der Waals surface area contributed by atoms with Gasteiger partial charge in [0.15, 0.2) is 5.82 Å². The summed E-state index contributed by atoms with van der Waals surface area (Å²) in [5, 5.41) is 4.04. The standard InChI is InChI=1S/C25H33F3N6O4S/c1-39(36,37)30-22-5-10-34(29-22)23(35)32-11-7-24(8-12-32)6-2-9-33(24)18-19-3-4-20(25(26,27)28)17-21(19)31-13-15-38-16-14-31/h3-5,10,17H,2,6-9,11-16,18H2,1H3,(H,29,30). The fraction of sp³-hybridized carbons (Fsp3) is 0.600. The minimum atomic E-state index is -4.41. The van der Waals surface area contributed by atoms with E-state index in [0.717, 1.165) is 48.7 Å². The Balaban J connectivity index is 1.29. The van der Waals surface area contributed by atoms with Crippen molar-refractivity contribution in [2.75, 3.05) is 61.8 Å². The molecule has 3 saturated heterocycles. The summed E-state index contributed by atoms with van der Waals surface area (Å²) < 4.78 is 72.3. The number of aromatic nitrogens is 2. The summed E-state index contributed by atoms with van der Waals surface area (Å²) in [4.78, 5) is 19.1. The third kappa shape index (κ3) is 6.17. The molecule has 5 rings (SSSR count). The number of nitrogens with one attached hydrogen (secondary N) is 1. The van der Waals surface area contributed by atoms with Crippen LogP contribution in [0.1, 0.15) is 36.8 Å². The second-order valence-electron chi connectivity index (χ2n) is 10.5. The summed E-state index contributed by atoms with van der Waals surface area (Å²) in [5.41, 5.74) is 0.700. The van der Waals surface area contributed by atoms with E-state index in [9.17, 15) is 26.4 Å². The highest BCUT2D eigenvalue weighted by atomic mass is 32.2. The number of hydrogen-bond acceptors (Lipinski definition) is 7. The average Bonchev–Trinajstić information content (AvgIpc) is 3.50. The average molecular weight is 571 g/mol. The van der Waals surface area contributed by atoms with Crippen LogP contribution in [-0.2, 0) is 27.5 Å². The molecule has 1 amide bonds. The number of nitrogens with zero attached hydrogens (tertiary/aromatic N) is 5. The van der Waals surface area contributed by atoms with Crippen LogP contribution in [0.2, 0.25) is 0 Å². The Hall–Kier alpha value is -2.84. The van der Waals surface area contributed by atoms with Crippen LogP contribution in [0.5, 0.6) is 0 Å². The molecule has 0 aliphatic carbocycles. The third-order valence-electron chi connectivity index (χ3n) is 7.91. The fourth-order valence-corrected chi connectivity index (χ4v) is 6.41. The molecular formula is C25H33F3N6O4S. The van der Waals surface area contributed by atoms with E-state index in [0.29, 0.717) is 51.6 Å². The molecule has 14 heteroatoms. The Labute approximate surface area is 225 Å². The predicted octanol–water partition coefficient (Wildman–Crippen LogP) is 3.21. The highest BCUT2D eigenvalue weighted by Crippen LogP contribution is 2.41. The highest BCUT2D eigenvalue weighted by Gasteiger charge is 2.44. The fourth-order valence-electron chi connectivity index (χ4n) is 5.92. The van der Waals surface area contributed by atoms with Crippen molar-refractivity contribution in [3.8, 4) is 0 Å². The first-order valence-corrected chi connectivity index (χ1v) is 14.9. The number of anilines is 2. The van der Waals surface area contributed by atoms with E-state index in [1.165, 1.54) is 24.4 Å². The van der Waals surface area contributed by atoms with Crippen LogP contribution in [0.25, 0.3) is 0 Å². The zero-order valence-corrected chi connectivity index (χ0v) is 22.6. The summed E-state index contributed by atoms with van der Waals surface area (Å²) in [6.45, 7) is 4.46. The lowest BCUT2D eigenvalue weighted by atomic mass is 9.84. The SMILES string of the molecule is CS(=O)(=O)Nc1ccn(C(=O)N2CCC3(CCCN3Cc3ccc(C(F)(F)F)cc3N3CCOCC3)CC2)n1. The van der Waals surface area contributed by atoms with E-state index in [4.69, 9.17) is 4.74 Å². The Kier molecular flexibility index (Phi) is 7.55. The van der Waals surface area contributed by atoms with E-state index in [2.05, 4.69) is 14.7 Å². The number of halogens is 3. The molecule has 1 N–H and O–H groups in total. The molecule has 0 saturated carbocycles. The number of morpholine rings is 1. The van der Waals surface area contributed by atoms with Crippen LogP contribution in [0.4, 0.5) is 29.5 Å². The van der Waals surface area contributed by atoms with Gasteiger partial charge in [0.2, 0.25) is 10.0 Å². The Morgan fingerprint density at radius 3 is 2.46 bits per heavy atom. The lowest BCUT2D eigenvalue weighted by Gasteiger charge is -2.45. The first-order chi connectivity index (χ1) is 18.4. The Morgan fingerprint density at radius 1 is 1.08 bits per heavy atom. The number of piperidine rings is 1. The van der Waals surface area contributed by atoms with Gasteiger partial charge in [-0.05, 0) is 49.9 Å². The molecule has 39 heavy (non-hydrogen) atoms. The van der Waals surface area contributed by atoms with Gasteiger partial charge in [0.25, 0.3) is 0 Å². The minimum absolute atomic E-state index is 0.0777. The molecular weight excluding hydrogens is 537 g/mol. The number of rotatable bonds is 5. The van der Waals surface area contributed by atoms with Crippen LogP contribution >= 0.6 is 0 Å². The van der Waals surface area contributed by atoms with Crippen LogP contribution in [-0.4, -0.2) is 91.8 Å². The van der Waals surface area contributed by atoms with E-state index in [-0.39, 0.29) is 17.4 Å². The van der Waals surface area contributed by atoms with Crippen molar-refractivity contribution in [1.82, 2.24) is 19.6 Å². The largest absolute Gasteiger partial charge is 0.416 e. The number of alkyl halides is 3. The summed E-state index contributed by atoms with van der Waals surface area (Å²) in [6, 6.07) is 5.15. The Bertz CT molecular complexity index is 1300. The second-order valence-corrected chi connectivity index (χ2v) is 12.2. The monoisotopic (exact) mass is 570 g/mol. The first-order valence-electron chi connectivity index (χ1n) is 13.0. The van der Waals surface area contributed by atoms with Crippen molar-refractivity contribution in [3.63, 3.8) is 0 Å². The van der Waals surface area contributed by atoms with Crippen molar-refractivity contribution in [2.45, 2.75) is 43.9 Å². The number of carbonyl (C=O) groups is 1. The molecule has 0 unspecified atom stereocenters. The van der Waals surface area contributed by atoms with Crippen LogP contribution in [0.3, 0.4) is 0 Å². The molecule has 0 atom stereocenters. The van der Waals surface area contributed by atoms with E-state index >= 15 is 0 Å². The molecule has 3 aliphatic heterocycles. The van der Waals surface area contributed by atoms with Gasteiger partial charge in [0.05, 0.1) is 25.0 Å². The van der Waals surface area contributed by atoms with Gasteiger partial charge in [-0.2, -0.15) is 17.9 Å². The molecule has 1 aromatic carbocycles. The molecule has 0 radical (unpaired) electrons. The second kappa shape index (κ2) is 10.6. The van der Waals surface area contributed by atoms with Gasteiger partial charge in [0, 0.05) is 56.2 Å². The van der Waals surface area contributed by atoms with E-state index in [1.807, 2.05) is 4.90 Å². The number of ether oxygens (including phenoxy) is 1. The molecule has 4 heterocycles. The molecule has 10 nitrogen and oxygen atoms in total. The van der Waals surface area contributed by atoms with Crippen molar-refractivity contribution >= 4 is 27.6 Å². The number of carbonyl (C=O) groups excluding carboxylic acids is 1. The van der Waals surface area contributed by atoms with Crippen LogP contribution < -0.4 is 9.62 Å². The number of likely N-dealkylation sites (tertiary alicyclic amines) is 2. The smallest absolute Gasteiger partial charge is 0.378 e. The van der Waals surface area contributed by atoms with Gasteiger partial charge in [-0.1, -0.05) is 6.07 Å². The number of amides is 1. The van der Waals surface area contributed by atoms with Crippen molar-refractivity contribution in [1.29, 1.82) is 0 Å². The maximum absolute atomic E-state index is 13.5. The topological polar surface area (TPSA) is 100 Å². The predicted molar refractivity (Wildman–Crippen MR) is 139 cm³/mol. The van der Waals surface area contributed by atoms with Gasteiger partial charge in [-0.25, -0.2) is 13.2 Å². The molecule has 2 aromatic rings. The zero-order chi connectivity index (χ0) is 27.8. The first kappa shape index (κ1) is 27.7.